The summed E-state index contributed by atoms with van der Waals surface area (Å²) in [5.41, 5.74) is 6.24. The Morgan fingerprint density at radius 3 is 2.89 bits per heavy atom. The number of amides is 1. The molecule has 0 aliphatic heterocycles. The summed E-state index contributed by atoms with van der Waals surface area (Å²) in [5, 5.41) is 2.87. The van der Waals surface area contributed by atoms with Crippen LogP contribution in [0.25, 0.3) is 0 Å². The molecule has 0 bridgehead atoms. The highest BCUT2D eigenvalue weighted by Gasteiger charge is 2.22. The standard InChI is InChI=1S/C14H19FN2O2/c15-11-7-10(3-5-16)8-13(9-11)19-6-4-14(18)17-12-1-2-12/h7-9,12H,1-6,16H2,(H,17,18). The van der Waals surface area contributed by atoms with Crippen LogP contribution in [-0.4, -0.2) is 25.1 Å². The van der Waals surface area contributed by atoms with E-state index in [-0.39, 0.29) is 18.3 Å². The molecule has 1 saturated carbocycles. The molecular weight excluding hydrogens is 247 g/mol. The van der Waals surface area contributed by atoms with E-state index in [1.807, 2.05) is 0 Å². The van der Waals surface area contributed by atoms with E-state index < -0.39 is 0 Å². The van der Waals surface area contributed by atoms with E-state index in [9.17, 15) is 9.18 Å². The predicted octanol–water partition coefficient (Wildman–Crippen LogP) is 1.37. The van der Waals surface area contributed by atoms with Crippen molar-refractivity contribution in [3.63, 3.8) is 0 Å². The highest BCUT2D eigenvalue weighted by atomic mass is 19.1. The smallest absolute Gasteiger partial charge is 0.223 e. The van der Waals surface area contributed by atoms with Crippen molar-refractivity contribution in [2.75, 3.05) is 13.2 Å². The van der Waals surface area contributed by atoms with Crippen molar-refractivity contribution in [1.29, 1.82) is 0 Å². The monoisotopic (exact) mass is 266 g/mol. The lowest BCUT2D eigenvalue weighted by Gasteiger charge is -2.08. The molecule has 3 N–H and O–H groups in total. The van der Waals surface area contributed by atoms with Crippen molar-refractivity contribution >= 4 is 5.91 Å². The van der Waals surface area contributed by atoms with Crippen LogP contribution in [-0.2, 0) is 11.2 Å². The Morgan fingerprint density at radius 1 is 1.42 bits per heavy atom. The molecule has 0 radical (unpaired) electrons. The average Bonchev–Trinajstić information content (AvgIpc) is 3.12. The molecule has 1 aliphatic carbocycles. The summed E-state index contributed by atoms with van der Waals surface area (Å²) in [7, 11) is 0. The number of carbonyl (C=O) groups excluding carboxylic acids is 1. The predicted molar refractivity (Wildman–Crippen MR) is 70.4 cm³/mol. The molecule has 104 valence electrons. The molecule has 0 spiro atoms. The molecule has 0 heterocycles. The molecule has 2 rings (SSSR count). The molecule has 1 fully saturated rings. The second-order valence-corrected chi connectivity index (χ2v) is 4.77. The van der Waals surface area contributed by atoms with Gasteiger partial charge < -0.3 is 15.8 Å². The van der Waals surface area contributed by atoms with Crippen LogP contribution >= 0.6 is 0 Å². The van der Waals surface area contributed by atoms with E-state index in [1.54, 1.807) is 6.07 Å². The molecule has 0 unspecified atom stereocenters. The van der Waals surface area contributed by atoms with Gasteiger partial charge in [0.05, 0.1) is 13.0 Å². The van der Waals surface area contributed by atoms with Crippen molar-refractivity contribution in [1.82, 2.24) is 5.32 Å². The first-order valence-corrected chi connectivity index (χ1v) is 6.59. The van der Waals surface area contributed by atoms with Gasteiger partial charge in [-0.1, -0.05) is 0 Å². The first-order valence-electron chi connectivity index (χ1n) is 6.59. The van der Waals surface area contributed by atoms with Crippen LogP contribution in [0, 0.1) is 5.82 Å². The lowest BCUT2D eigenvalue weighted by atomic mass is 10.1. The van der Waals surface area contributed by atoms with E-state index in [4.69, 9.17) is 10.5 Å². The van der Waals surface area contributed by atoms with Gasteiger partial charge in [-0.2, -0.15) is 0 Å². The third kappa shape index (κ3) is 4.87. The Bertz CT molecular complexity index is 447. The van der Waals surface area contributed by atoms with E-state index in [0.29, 0.717) is 31.2 Å². The van der Waals surface area contributed by atoms with Crippen molar-refractivity contribution in [2.24, 2.45) is 5.73 Å². The maximum absolute atomic E-state index is 13.3. The van der Waals surface area contributed by atoms with Gasteiger partial charge in [0, 0.05) is 12.1 Å². The van der Waals surface area contributed by atoms with Gasteiger partial charge in [0.15, 0.2) is 0 Å². The minimum absolute atomic E-state index is 0.0129. The van der Waals surface area contributed by atoms with Crippen LogP contribution in [0.4, 0.5) is 4.39 Å². The maximum Gasteiger partial charge on any atom is 0.223 e. The second-order valence-electron chi connectivity index (χ2n) is 4.77. The van der Waals surface area contributed by atoms with Gasteiger partial charge in [0.25, 0.3) is 0 Å². The molecule has 1 aromatic carbocycles. The van der Waals surface area contributed by atoms with Gasteiger partial charge in [-0.05, 0) is 43.5 Å². The summed E-state index contributed by atoms with van der Waals surface area (Å²) in [5.74, 6) is 0.0899. The van der Waals surface area contributed by atoms with E-state index in [2.05, 4.69) is 5.32 Å². The Labute approximate surface area is 112 Å². The molecule has 1 aliphatic rings. The first kappa shape index (κ1) is 13.8. The van der Waals surface area contributed by atoms with E-state index >= 15 is 0 Å². The van der Waals surface area contributed by atoms with E-state index in [1.165, 1.54) is 12.1 Å². The summed E-state index contributed by atoms with van der Waals surface area (Å²) in [6.45, 7) is 0.719. The molecule has 4 nitrogen and oxygen atoms in total. The Hall–Kier alpha value is -1.62. The van der Waals surface area contributed by atoms with Gasteiger partial charge in [0.1, 0.15) is 11.6 Å². The lowest BCUT2D eigenvalue weighted by Crippen LogP contribution is -2.26. The fraction of sp³-hybridized carbons (Fsp3) is 0.500. The van der Waals surface area contributed by atoms with Crippen LogP contribution in [0.5, 0.6) is 5.75 Å². The minimum atomic E-state index is -0.344. The van der Waals surface area contributed by atoms with Crippen LogP contribution in [0.2, 0.25) is 0 Å². The van der Waals surface area contributed by atoms with Gasteiger partial charge in [-0.25, -0.2) is 4.39 Å². The van der Waals surface area contributed by atoms with Crippen molar-refractivity contribution < 1.29 is 13.9 Å². The number of rotatable bonds is 7. The fourth-order valence-corrected chi connectivity index (χ4v) is 1.80. The molecule has 5 heteroatoms. The summed E-state index contributed by atoms with van der Waals surface area (Å²) in [6.07, 6.45) is 3.04. The number of ether oxygens (including phenoxy) is 1. The molecular formula is C14H19FN2O2. The van der Waals surface area contributed by atoms with Gasteiger partial charge in [0.2, 0.25) is 5.91 Å². The zero-order valence-electron chi connectivity index (χ0n) is 10.8. The second kappa shape index (κ2) is 6.52. The van der Waals surface area contributed by atoms with Crippen molar-refractivity contribution in [2.45, 2.75) is 31.7 Å². The highest BCUT2D eigenvalue weighted by Crippen LogP contribution is 2.19. The summed E-state index contributed by atoms with van der Waals surface area (Å²) < 4.78 is 18.7. The fourth-order valence-electron chi connectivity index (χ4n) is 1.80. The normalized spacial score (nSPS) is 14.2. The first-order chi connectivity index (χ1) is 9.17. The van der Waals surface area contributed by atoms with Crippen LogP contribution in [0.3, 0.4) is 0 Å². The Kier molecular flexibility index (Phi) is 4.74. The summed E-state index contributed by atoms with van der Waals surface area (Å²) in [4.78, 5) is 11.4. The lowest BCUT2D eigenvalue weighted by molar-refractivity contribution is -0.121. The van der Waals surface area contributed by atoms with Crippen molar-refractivity contribution in [3.8, 4) is 5.75 Å². The molecule has 19 heavy (non-hydrogen) atoms. The van der Waals surface area contributed by atoms with Gasteiger partial charge >= 0.3 is 0 Å². The number of nitrogens with two attached hydrogens (primary N) is 1. The Balaban J connectivity index is 1.79. The third-order valence-corrected chi connectivity index (χ3v) is 2.90. The van der Waals surface area contributed by atoms with Crippen molar-refractivity contribution in [3.05, 3.63) is 29.6 Å². The summed E-state index contributed by atoms with van der Waals surface area (Å²) >= 11 is 0. The largest absolute Gasteiger partial charge is 0.493 e. The molecule has 0 saturated heterocycles. The van der Waals surface area contributed by atoms with Gasteiger partial charge in [-0.15, -0.1) is 0 Å². The quantitative estimate of drug-likeness (QED) is 0.783. The zero-order chi connectivity index (χ0) is 13.7. The Morgan fingerprint density at radius 2 is 2.21 bits per heavy atom. The van der Waals surface area contributed by atoms with E-state index in [0.717, 1.165) is 18.4 Å². The average molecular weight is 266 g/mol. The number of hydrogen-bond donors (Lipinski definition) is 2. The molecule has 1 amide bonds. The number of carbonyl (C=O) groups is 1. The minimum Gasteiger partial charge on any atom is -0.493 e. The summed E-state index contributed by atoms with van der Waals surface area (Å²) in [6, 6.07) is 4.88. The molecule has 0 atom stereocenters. The van der Waals surface area contributed by atoms with Crippen LogP contribution in [0.1, 0.15) is 24.8 Å². The highest BCUT2D eigenvalue weighted by molar-refractivity contribution is 5.76. The number of benzene rings is 1. The number of halogens is 1. The van der Waals surface area contributed by atoms with Crippen LogP contribution in [0.15, 0.2) is 18.2 Å². The van der Waals surface area contributed by atoms with Crippen LogP contribution < -0.4 is 15.8 Å². The zero-order valence-corrected chi connectivity index (χ0v) is 10.8. The number of hydrogen-bond acceptors (Lipinski definition) is 3. The molecule has 0 aromatic heterocycles. The number of nitrogens with one attached hydrogen (secondary N) is 1. The maximum atomic E-state index is 13.3. The topological polar surface area (TPSA) is 64.3 Å². The third-order valence-electron chi connectivity index (χ3n) is 2.90. The molecule has 1 aromatic rings. The van der Waals surface area contributed by atoms with Gasteiger partial charge in [-0.3, -0.25) is 4.79 Å². The SMILES string of the molecule is NCCc1cc(F)cc(OCCC(=O)NC2CC2)c1.